The fourth-order valence-electron chi connectivity index (χ4n) is 2.03. The highest BCUT2D eigenvalue weighted by atomic mass is 16.1. The molecule has 1 heterocycles. The lowest BCUT2D eigenvalue weighted by atomic mass is 10.2. The van der Waals surface area contributed by atoms with Gasteiger partial charge in [0.15, 0.2) is 0 Å². The minimum absolute atomic E-state index is 0.0418. The number of imidazole rings is 1. The second-order valence-corrected chi connectivity index (χ2v) is 3.73. The molecule has 0 aliphatic heterocycles. The fraction of sp³-hybridized carbons (Fsp3) is 0.308. The number of aromatic nitrogens is 2. The molecule has 0 spiro atoms. The molecule has 0 saturated carbocycles. The predicted molar refractivity (Wildman–Crippen MR) is 65.1 cm³/mol. The van der Waals surface area contributed by atoms with Gasteiger partial charge in [-0.3, -0.25) is 4.57 Å². The van der Waals surface area contributed by atoms with Gasteiger partial charge in [-0.2, -0.15) is 0 Å². The summed E-state index contributed by atoms with van der Waals surface area (Å²) >= 11 is 0. The van der Waals surface area contributed by atoms with Gasteiger partial charge in [0, 0.05) is 11.4 Å². The lowest BCUT2D eigenvalue weighted by Crippen LogP contribution is -2.16. The average Bonchev–Trinajstić information content (AvgIpc) is 2.66. The van der Waals surface area contributed by atoms with Gasteiger partial charge >= 0.3 is 5.69 Å². The van der Waals surface area contributed by atoms with E-state index in [1.165, 1.54) is 0 Å². The van der Waals surface area contributed by atoms with Gasteiger partial charge in [0.25, 0.3) is 0 Å². The molecule has 0 aliphatic carbocycles. The van der Waals surface area contributed by atoms with Crippen LogP contribution in [0.2, 0.25) is 0 Å². The Morgan fingerprint density at radius 2 is 1.81 bits per heavy atom. The first-order chi connectivity index (χ1) is 7.77. The fourth-order valence-corrected chi connectivity index (χ4v) is 2.03. The van der Waals surface area contributed by atoms with Crippen molar-refractivity contribution in [1.82, 2.24) is 9.55 Å². The number of rotatable bonds is 3. The van der Waals surface area contributed by atoms with Gasteiger partial charge < -0.3 is 4.98 Å². The van der Waals surface area contributed by atoms with E-state index in [-0.39, 0.29) is 5.69 Å². The van der Waals surface area contributed by atoms with E-state index < -0.39 is 0 Å². The van der Waals surface area contributed by atoms with E-state index in [2.05, 4.69) is 18.8 Å². The summed E-state index contributed by atoms with van der Waals surface area (Å²) in [6.45, 7) is 4.13. The molecule has 1 N–H and O–H groups in total. The van der Waals surface area contributed by atoms with Crippen LogP contribution in [0.15, 0.2) is 35.1 Å². The van der Waals surface area contributed by atoms with Crippen molar-refractivity contribution < 1.29 is 0 Å². The SMILES string of the molecule is CCc1[nH]c(=O)n(-c2ccccc2)c1CC. The summed E-state index contributed by atoms with van der Waals surface area (Å²) in [5, 5.41) is 0. The number of aromatic amines is 1. The molecule has 0 aliphatic rings. The summed E-state index contributed by atoms with van der Waals surface area (Å²) in [7, 11) is 0. The molecule has 0 fully saturated rings. The number of aryl methyl sites for hydroxylation is 1. The maximum Gasteiger partial charge on any atom is 0.330 e. The van der Waals surface area contributed by atoms with Crippen LogP contribution in [0.5, 0.6) is 0 Å². The molecule has 0 atom stereocenters. The van der Waals surface area contributed by atoms with Crippen molar-refractivity contribution in [1.29, 1.82) is 0 Å². The van der Waals surface area contributed by atoms with Crippen molar-refractivity contribution in [3.8, 4) is 5.69 Å². The van der Waals surface area contributed by atoms with Crippen molar-refractivity contribution in [3.63, 3.8) is 0 Å². The second kappa shape index (κ2) is 4.39. The summed E-state index contributed by atoms with van der Waals surface area (Å²) in [6, 6.07) is 9.74. The van der Waals surface area contributed by atoms with Crippen molar-refractivity contribution in [2.45, 2.75) is 26.7 Å². The maximum absolute atomic E-state index is 11.9. The Hall–Kier alpha value is -1.77. The van der Waals surface area contributed by atoms with E-state index in [1.54, 1.807) is 4.57 Å². The summed E-state index contributed by atoms with van der Waals surface area (Å²) in [5.41, 5.74) is 3.01. The minimum atomic E-state index is -0.0418. The molecular weight excluding hydrogens is 200 g/mol. The van der Waals surface area contributed by atoms with Gasteiger partial charge in [-0.1, -0.05) is 32.0 Å². The van der Waals surface area contributed by atoms with Crippen LogP contribution in [-0.2, 0) is 12.8 Å². The molecule has 1 aromatic heterocycles. The summed E-state index contributed by atoms with van der Waals surface area (Å²) in [4.78, 5) is 14.8. The Morgan fingerprint density at radius 1 is 1.12 bits per heavy atom. The summed E-state index contributed by atoms with van der Waals surface area (Å²) < 4.78 is 1.76. The quantitative estimate of drug-likeness (QED) is 0.839. The van der Waals surface area contributed by atoms with E-state index in [0.717, 1.165) is 29.9 Å². The molecular formula is C13H16N2O. The van der Waals surface area contributed by atoms with Crippen LogP contribution in [0.3, 0.4) is 0 Å². The Kier molecular flexibility index (Phi) is 2.95. The van der Waals surface area contributed by atoms with E-state index in [1.807, 2.05) is 30.3 Å². The zero-order valence-corrected chi connectivity index (χ0v) is 9.66. The highest BCUT2D eigenvalue weighted by Crippen LogP contribution is 2.12. The van der Waals surface area contributed by atoms with Crippen LogP contribution in [0.1, 0.15) is 25.2 Å². The van der Waals surface area contributed by atoms with Crippen molar-refractivity contribution >= 4 is 0 Å². The molecule has 0 saturated heterocycles. The Bertz CT molecular complexity index is 523. The van der Waals surface area contributed by atoms with Gasteiger partial charge in [0.05, 0.1) is 5.69 Å². The third-order valence-corrected chi connectivity index (χ3v) is 2.78. The molecule has 1 aromatic carbocycles. The largest absolute Gasteiger partial charge is 0.330 e. The number of H-pyrrole nitrogens is 1. The molecule has 0 unspecified atom stereocenters. The topological polar surface area (TPSA) is 37.8 Å². The van der Waals surface area contributed by atoms with Crippen LogP contribution in [0.4, 0.5) is 0 Å². The molecule has 3 nitrogen and oxygen atoms in total. The molecule has 0 radical (unpaired) electrons. The van der Waals surface area contributed by atoms with Crippen molar-refractivity contribution in [2.75, 3.05) is 0 Å². The molecule has 2 rings (SSSR count). The molecule has 2 aromatic rings. The third kappa shape index (κ3) is 1.69. The van der Waals surface area contributed by atoms with Gasteiger partial charge in [-0.25, -0.2) is 4.79 Å². The molecule has 0 amide bonds. The lowest BCUT2D eigenvalue weighted by molar-refractivity contribution is 0.889. The zero-order chi connectivity index (χ0) is 11.5. The molecule has 16 heavy (non-hydrogen) atoms. The second-order valence-electron chi connectivity index (χ2n) is 3.73. The number of hydrogen-bond acceptors (Lipinski definition) is 1. The highest BCUT2D eigenvalue weighted by molar-refractivity contribution is 5.35. The number of hydrogen-bond donors (Lipinski definition) is 1. The smallest absolute Gasteiger partial charge is 0.309 e. The number of nitrogens with one attached hydrogen (secondary N) is 1. The Morgan fingerprint density at radius 3 is 2.38 bits per heavy atom. The van der Waals surface area contributed by atoms with Crippen molar-refractivity contribution in [2.24, 2.45) is 0 Å². The molecule has 84 valence electrons. The first kappa shape index (κ1) is 10.7. The zero-order valence-electron chi connectivity index (χ0n) is 9.66. The monoisotopic (exact) mass is 216 g/mol. The van der Waals surface area contributed by atoms with Gasteiger partial charge in [0.2, 0.25) is 0 Å². The predicted octanol–water partition coefficient (Wildman–Crippen LogP) is 2.29. The highest BCUT2D eigenvalue weighted by Gasteiger charge is 2.11. The summed E-state index contributed by atoms with van der Waals surface area (Å²) in [6.07, 6.45) is 1.72. The van der Waals surface area contributed by atoms with Crippen LogP contribution in [0, 0.1) is 0 Å². The number of para-hydroxylation sites is 1. The Labute approximate surface area is 94.7 Å². The van der Waals surface area contributed by atoms with E-state index in [9.17, 15) is 4.79 Å². The van der Waals surface area contributed by atoms with Gasteiger partial charge in [-0.05, 0) is 25.0 Å². The first-order valence-electron chi connectivity index (χ1n) is 5.66. The third-order valence-electron chi connectivity index (χ3n) is 2.78. The lowest BCUT2D eigenvalue weighted by Gasteiger charge is -2.06. The van der Waals surface area contributed by atoms with Crippen molar-refractivity contribution in [3.05, 3.63) is 52.2 Å². The molecule has 0 bridgehead atoms. The van der Waals surface area contributed by atoms with Gasteiger partial charge in [0.1, 0.15) is 0 Å². The van der Waals surface area contributed by atoms with Crippen LogP contribution in [-0.4, -0.2) is 9.55 Å². The van der Waals surface area contributed by atoms with E-state index in [4.69, 9.17) is 0 Å². The van der Waals surface area contributed by atoms with E-state index >= 15 is 0 Å². The molecule has 3 heteroatoms. The van der Waals surface area contributed by atoms with Crippen LogP contribution < -0.4 is 5.69 Å². The standard InChI is InChI=1S/C13H16N2O/c1-3-11-12(4-2)15(13(16)14-11)10-8-6-5-7-9-10/h5-9H,3-4H2,1-2H3,(H,14,16). The first-order valence-corrected chi connectivity index (χ1v) is 5.66. The minimum Gasteiger partial charge on any atom is -0.309 e. The summed E-state index contributed by atoms with van der Waals surface area (Å²) in [5.74, 6) is 0. The van der Waals surface area contributed by atoms with Gasteiger partial charge in [-0.15, -0.1) is 0 Å². The van der Waals surface area contributed by atoms with Crippen LogP contribution >= 0.6 is 0 Å². The Balaban J connectivity index is 2.65. The van der Waals surface area contributed by atoms with Crippen LogP contribution in [0.25, 0.3) is 5.69 Å². The number of nitrogens with zero attached hydrogens (tertiary/aromatic N) is 1. The number of benzene rings is 1. The van der Waals surface area contributed by atoms with E-state index in [0.29, 0.717) is 0 Å². The average molecular weight is 216 g/mol. The normalized spacial score (nSPS) is 10.6. The maximum atomic E-state index is 11.9.